The number of hydrogen-bond acceptors (Lipinski definition) is 4. The Bertz CT molecular complexity index is 988. The van der Waals surface area contributed by atoms with Gasteiger partial charge in [-0.3, -0.25) is 9.59 Å². The fourth-order valence-corrected chi connectivity index (χ4v) is 2.74. The van der Waals surface area contributed by atoms with Gasteiger partial charge in [0.25, 0.3) is 0 Å². The molecule has 3 aromatic carbocycles. The van der Waals surface area contributed by atoms with E-state index >= 15 is 0 Å². The van der Waals surface area contributed by atoms with Crippen LogP contribution >= 0.6 is 0 Å². The number of nitrogens with zero attached hydrogens (tertiary/aromatic N) is 1. The van der Waals surface area contributed by atoms with Crippen LogP contribution in [0.5, 0.6) is 5.75 Å². The second-order valence-electron chi connectivity index (χ2n) is 6.90. The SMILES string of the molecule is O=C(CCC(=O)N/N=C\c1ccc(OCc2ccccc2)cc1)NCc1ccccc1. The van der Waals surface area contributed by atoms with Crippen molar-refractivity contribution in [2.45, 2.75) is 26.0 Å². The summed E-state index contributed by atoms with van der Waals surface area (Å²) in [5.41, 5.74) is 5.38. The normalized spacial score (nSPS) is 10.6. The summed E-state index contributed by atoms with van der Waals surface area (Å²) in [6.07, 6.45) is 1.74. The van der Waals surface area contributed by atoms with Gasteiger partial charge in [-0.05, 0) is 41.0 Å². The lowest BCUT2D eigenvalue weighted by Crippen LogP contribution is -2.25. The molecule has 0 aliphatic rings. The fraction of sp³-hybridized carbons (Fsp3) is 0.160. The van der Waals surface area contributed by atoms with E-state index in [0.717, 1.165) is 22.4 Å². The zero-order chi connectivity index (χ0) is 21.7. The third-order valence-electron chi connectivity index (χ3n) is 4.44. The van der Waals surface area contributed by atoms with Crippen molar-refractivity contribution in [1.29, 1.82) is 0 Å². The Balaban J connectivity index is 1.33. The summed E-state index contributed by atoms with van der Waals surface area (Å²) in [4.78, 5) is 23.7. The number of amides is 2. The Hall–Kier alpha value is -3.93. The van der Waals surface area contributed by atoms with Gasteiger partial charge in [-0.15, -0.1) is 0 Å². The number of nitrogens with one attached hydrogen (secondary N) is 2. The first-order valence-corrected chi connectivity index (χ1v) is 10.1. The van der Waals surface area contributed by atoms with Crippen LogP contribution in [-0.2, 0) is 22.7 Å². The highest BCUT2D eigenvalue weighted by molar-refractivity contribution is 5.85. The second kappa shape index (κ2) is 11.9. The molecule has 0 saturated heterocycles. The molecule has 0 unspecified atom stereocenters. The first-order valence-electron chi connectivity index (χ1n) is 10.1. The van der Waals surface area contributed by atoms with Crippen LogP contribution in [0.1, 0.15) is 29.5 Å². The zero-order valence-corrected chi connectivity index (χ0v) is 17.2. The van der Waals surface area contributed by atoms with Crippen molar-refractivity contribution >= 4 is 18.0 Å². The zero-order valence-electron chi connectivity index (χ0n) is 17.2. The number of carbonyl (C=O) groups excluding carboxylic acids is 2. The molecule has 0 aromatic heterocycles. The molecule has 0 radical (unpaired) electrons. The predicted octanol–water partition coefficient (Wildman–Crippen LogP) is 3.81. The molecule has 158 valence electrons. The van der Waals surface area contributed by atoms with Gasteiger partial charge in [-0.2, -0.15) is 5.10 Å². The summed E-state index contributed by atoms with van der Waals surface area (Å²) in [5.74, 6) is 0.273. The van der Waals surface area contributed by atoms with Gasteiger partial charge in [0, 0.05) is 19.4 Å². The van der Waals surface area contributed by atoms with Gasteiger partial charge in [-0.1, -0.05) is 60.7 Å². The lowest BCUT2D eigenvalue weighted by atomic mass is 10.2. The summed E-state index contributed by atoms with van der Waals surface area (Å²) >= 11 is 0. The average molecular weight is 415 g/mol. The van der Waals surface area contributed by atoms with Crippen molar-refractivity contribution in [3.63, 3.8) is 0 Å². The van der Waals surface area contributed by atoms with Gasteiger partial charge in [0.1, 0.15) is 12.4 Å². The minimum atomic E-state index is -0.311. The van der Waals surface area contributed by atoms with Crippen molar-refractivity contribution in [2.24, 2.45) is 5.10 Å². The fourth-order valence-electron chi connectivity index (χ4n) is 2.74. The molecule has 0 fully saturated rings. The van der Waals surface area contributed by atoms with Crippen LogP contribution in [0.25, 0.3) is 0 Å². The maximum Gasteiger partial charge on any atom is 0.240 e. The molecular formula is C25H25N3O3. The molecule has 0 bridgehead atoms. The van der Waals surface area contributed by atoms with E-state index in [0.29, 0.717) is 13.2 Å². The smallest absolute Gasteiger partial charge is 0.240 e. The Morgan fingerprint density at radius 2 is 1.39 bits per heavy atom. The predicted molar refractivity (Wildman–Crippen MR) is 120 cm³/mol. The molecule has 0 aliphatic carbocycles. The average Bonchev–Trinajstić information content (AvgIpc) is 2.82. The molecular weight excluding hydrogens is 390 g/mol. The lowest BCUT2D eigenvalue weighted by molar-refractivity contribution is -0.126. The molecule has 0 aliphatic heterocycles. The summed E-state index contributed by atoms with van der Waals surface area (Å²) < 4.78 is 5.74. The van der Waals surface area contributed by atoms with Crippen LogP contribution in [0.15, 0.2) is 90.0 Å². The van der Waals surface area contributed by atoms with Crippen LogP contribution in [0.4, 0.5) is 0 Å². The molecule has 0 spiro atoms. The van der Waals surface area contributed by atoms with Crippen LogP contribution in [0, 0.1) is 0 Å². The molecule has 0 heterocycles. The first-order chi connectivity index (χ1) is 15.2. The third kappa shape index (κ3) is 8.14. The number of rotatable bonds is 10. The molecule has 0 saturated carbocycles. The molecule has 3 rings (SSSR count). The van der Waals surface area contributed by atoms with Crippen molar-refractivity contribution in [3.05, 3.63) is 102 Å². The second-order valence-corrected chi connectivity index (χ2v) is 6.90. The third-order valence-corrected chi connectivity index (χ3v) is 4.44. The van der Waals surface area contributed by atoms with E-state index < -0.39 is 0 Å². The number of carbonyl (C=O) groups is 2. The van der Waals surface area contributed by atoms with Crippen LogP contribution < -0.4 is 15.5 Å². The molecule has 6 heteroatoms. The van der Waals surface area contributed by atoms with E-state index in [2.05, 4.69) is 15.8 Å². The Labute approximate surface area is 182 Å². The summed E-state index contributed by atoms with van der Waals surface area (Å²) in [7, 11) is 0. The Morgan fingerprint density at radius 1 is 0.774 bits per heavy atom. The van der Waals surface area contributed by atoms with Crippen molar-refractivity contribution in [3.8, 4) is 5.75 Å². The van der Waals surface area contributed by atoms with Gasteiger partial charge in [0.15, 0.2) is 0 Å². The van der Waals surface area contributed by atoms with Gasteiger partial charge < -0.3 is 10.1 Å². The molecule has 0 atom stereocenters. The quantitative estimate of drug-likeness (QED) is 0.390. The number of ether oxygens (including phenoxy) is 1. The van der Waals surface area contributed by atoms with Crippen molar-refractivity contribution in [1.82, 2.24) is 10.7 Å². The van der Waals surface area contributed by atoms with Crippen LogP contribution in [0.3, 0.4) is 0 Å². The van der Waals surface area contributed by atoms with E-state index in [1.807, 2.05) is 84.9 Å². The highest BCUT2D eigenvalue weighted by Gasteiger charge is 2.06. The molecule has 31 heavy (non-hydrogen) atoms. The van der Waals surface area contributed by atoms with E-state index in [1.54, 1.807) is 6.21 Å². The monoisotopic (exact) mass is 415 g/mol. The van der Waals surface area contributed by atoms with Crippen LogP contribution in [-0.4, -0.2) is 18.0 Å². The molecule has 2 amide bonds. The van der Waals surface area contributed by atoms with E-state index in [9.17, 15) is 9.59 Å². The Kier molecular flexibility index (Phi) is 8.37. The summed E-state index contributed by atoms with van der Waals surface area (Å²) in [5, 5.41) is 6.73. The van der Waals surface area contributed by atoms with Crippen molar-refractivity contribution in [2.75, 3.05) is 0 Å². The van der Waals surface area contributed by atoms with Gasteiger partial charge >= 0.3 is 0 Å². The minimum absolute atomic E-state index is 0.0736. The summed E-state index contributed by atoms with van der Waals surface area (Å²) in [6.45, 7) is 0.952. The minimum Gasteiger partial charge on any atom is -0.489 e. The largest absolute Gasteiger partial charge is 0.489 e. The van der Waals surface area contributed by atoms with E-state index in [-0.39, 0.29) is 24.7 Å². The Morgan fingerprint density at radius 3 is 2.06 bits per heavy atom. The molecule has 6 nitrogen and oxygen atoms in total. The van der Waals surface area contributed by atoms with Crippen LogP contribution in [0.2, 0.25) is 0 Å². The first kappa shape index (κ1) is 21.8. The highest BCUT2D eigenvalue weighted by Crippen LogP contribution is 2.13. The maximum atomic E-state index is 11.9. The number of benzene rings is 3. The molecule has 3 aromatic rings. The van der Waals surface area contributed by atoms with Crippen molar-refractivity contribution < 1.29 is 14.3 Å². The van der Waals surface area contributed by atoms with Gasteiger partial charge in [0.2, 0.25) is 11.8 Å². The van der Waals surface area contributed by atoms with Gasteiger partial charge in [-0.25, -0.2) is 5.43 Å². The topological polar surface area (TPSA) is 79.8 Å². The number of hydrogen-bond donors (Lipinski definition) is 2. The highest BCUT2D eigenvalue weighted by atomic mass is 16.5. The van der Waals surface area contributed by atoms with Gasteiger partial charge in [0.05, 0.1) is 6.21 Å². The number of hydrazone groups is 1. The summed E-state index contributed by atoms with van der Waals surface area (Å²) in [6, 6.07) is 27.0. The standard InChI is InChI=1S/C25H25N3O3/c29-24(26-17-20-7-3-1-4-8-20)15-16-25(30)28-27-18-21-11-13-23(14-12-21)31-19-22-9-5-2-6-10-22/h1-14,18H,15-17,19H2,(H,26,29)(H,28,30)/b27-18-. The van der Waals surface area contributed by atoms with E-state index in [4.69, 9.17) is 4.74 Å². The van der Waals surface area contributed by atoms with E-state index in [1.165, 1.54) is 0 Å². The molecule has 2 N–H and O–H groups in total. The lowest BCUT2D eigenvalue weighted by Gasteiger charge is -2.06. The maximum absolute atomic E-state index is 11.9.